The van der Waals surface area contributed by atoms with Crippen LogP contribution in [0, 0.1) is 0 Å². The molecule has 0 unspecified atom stereocenters. The molecule has 0 saturated carbocycles. The number of ketones is 1. The Labute approximate surface area is 200 Å². The molecule has 0 aromatic heterocycles. The van der Waals surface area contributed by atoms with Crippen molar-refractivity contribution in [1.29, 1.82) is 0 Å². The number of dihydropyridines is 1. The highest BCUT2D eigenvalue weighted by atomic mass is 16.5. The molecule has 0 amide bonds. The molecule has 1 aliphatic heterocycles. The maximum absolute atomic E-state index is 13.2. The molecular weight excluding hydrogens is 430 g/mol. The van der Waals surface area contributed by atoms with Crippen molar-refractivity contribution in [3.8, 4) is 0 Å². The highest BCUT2D eigenvalue weighted by Crippen LogP contribution is 2.40. The molecule has 2 aromatic carbocycles. The van der Waals surface area contributed by atoms with E-state index in [1.54, 1.807) is 71.9 Å². The third kappa shape index (κ3) is 5.45. The summed E-state index contributed by atoms with van der Waals surface area (Å²) < 4.78 is 11.0. The second-order valence-electron chi connectivity index (χ2n) is 8.86. The molecule has 0 atom stereocenters. The van der Waals surface area contributed by atoms with E-state index in [4.69, 9.17) is 9.47 Å². The number of allylic oxidation sites excluding steroid dienone is 2. The van der Waals surface area contributed by atoms with E-state index >= 15 is 0 Å². The van der Waals surface area contributed by atoms with Gasteiger partial charge in [0.1, 0.15) is 0 Å². The number of carbonyl (C=O) groups is 3. The Morgan fingerprint density at radius 1 is 0.735 bits per heavy atom. The average molecular weight is 462 g/mol. The van der Waals surface area contributed by atoms with Crippen LogP contribution < -0.4 is 5.32 Å². The van der Waals surface area contributed by atoms with E-state index in [9.17, 15) is 14.4 Å². The van der Waals surface area contributed by atoms with E-state index in [0.29, 0.717) is 39.2 Å². The molecular formula is C28H31NO5. The van der Waals surface area contributed by atoms with Crippen molar-refractivity contribution in [2.24, 2.45) is 0 Å². The van der Waals surface area contributed by atoms with E-state index in [2.05, 4.69) is 5.32 Å². The second kappa shape index (κ2) is 10.5. The Morgan fingerprint density at radius 3 is 1.74 bits per heavy atom. The van der Waals surface area contributed by atoms with E-state index < -0.39 is 17.9 Å². The molecule has 1 aliphatic rings. The fourth-order valence-electron chi connectivity index (χ4n) is 4.04. The summed E-state index contributed by atoms with van der Waals surface area (Å²) in [5.74, 6) is -1.93. The highest BCUT2D eigenvalue weighted by molar-refractivity contribution is 6.09. The van der Waals surface area contributed by atoms with Gasteiger partial charge in [0.15, 0.2) is 5.78 Å². The lowest BCUT2D eigenvalue weighted by atomic mass is 9.79. The van der Waals surface area contributed by atoms with Crippen molar-refractivity contribution in [1.82, 2.24) is 5.32 Å². The Bertz CT molecular complexity index is 1110. The molecule has 34 heavy (non-hydrogen) atoms. The van der Waals surface area contributed by atoms with E-state index in [0.717, 1.165) is 0 Å². The SMILES string of the molecule is CC1=C(C(=O)OC(C)C)C(c2cccc(C(=O)c3ccccc3)c2)C(C(=O)OC(C)C)=C(C)N1. The molecule has 0 fully saturated rings. The van der Waals surface area contributed by atoms with Crippen LogP contribution in [-0.4, -0.2) is 29.9 Å². The number of hydrogen-bond acceptors (Lipinski definition) is 6. The van der Waals surface area contributed by atoms with Crippen LogP contribution in [0.1, 0.15) is 68.9 Å². The fraction of sp³-hybridized carbons (Fsp3) is 0.321. The number of nitrogens with one attached hydrogen (secondary N) is 1. The molecule has 0 radical (unpaired) electrons. The molecule has 0 aliphatic carbocycles. The van der Waals surface area contributed by atoms with Gasteiger partial charge in [-0.1, -0.05) is 48.5 Å². The topological polar surface area (TPSA) is 81.7 Å². The minimum Gasteiger partial charge on any atom is -0.460 e. The lowest BCUT2D eigenvalue weighted by Crippen LogP contribution is -2.33. The molecule has 6 nitrogen and oxygen atoms in total. The summed E-state index contributed by atoms with van der Waals surface area (Å²) in [6.45, 7) is 10.6. The number of esters is 2. The summed E-state index contributed by atoms with van der Waals surface area (Å²) in [6.07, 6.45) is -0.671. The summed E-state index contributed by atoms with van der Waals surface area (Å²) in [5, 5.41) is 3.14. The summed E-state index contributed by atoms with van der Waals surface area (Å²) in [4.78, 5) is 39.5. The summed E-state index contributed by atoms with van der Waals surface area (Å²) in [7, 11) is 0. The molecule has 3 rings (SSSR count). The van der Waals surface area contributed by atoms with Gasteiger partial charge >= 0.3 is 11.9 Å². The van der Waals surface area contributed by atoms with Crippen LogP contribution in [0.25, 0.3) is 0 Å². The number of benzene rings is 2. The predicted octanol–water partition coefficient (Wildman–Crippen LogP) is 5.06. The average Bonchev–Trinajstić information content (AvgIpc) is 2.77. The van der Waals surface area contributed by atoms with Gasteiger partial charge in [-0.15, -0.1) is 0 Å². The summed E-state index contributed by atoms with van der Waals surface area (Å²) >= 11 is 0. The van der Waals surface area contributed by atoms with E-state index in [1.165, 1.54) is 0 Å². The lowest BCUT2D eigenvalue weighted by Gasteiger charge is -2.31. The largest absolute Gasteiger partial charge is 0.460 e. The summed E-state index contributed by atoms with van der Waals surface area (Å²) in [6, 6.07) is 16.0. The van der Waals surface area contributed by atoms with Crippen molar-refractivity contribution in [3.63, 3.8) is 0 Å². The van der Waals surface area contributed by atoms with Gasteiger partial charge in [0.05, 0.1) is 29.3 Å². The molecule has 2 aromatic rings. The first-order valence-electron chi connectivity index (χ1n) is 11.4. The highest BCUT2D eigenvalue weighted by Gasteiger charge is 2.38. The van der Waals surface area contributed by atoms with Gasteiger partial charge in [0.25, 0.3) is 0 Å². The smallest absolute Gasteiger partial charge is 0.337 e. The number of ether oxygens (including phenoxy) is 2. The van der Waals surface area contributed by atoms with Gasteiger partial charge in [-0.2, -0.15) is 0 Å². The third-order valence-corrected chi connectivity index (χ3v) is 5.40. The van der Waals surface area contributed by atoms with E-state index in [-0.39, 0.29) is 18.0 Å². The van der Waals surface area contributed by atoms with Crippen molar-refractivity contribution < 1.29 is 23.9 Å². The Kier molecular flexibility index (Phi) is 7.72. The van der Waals surface area contributed by atoms with Crippen LogP contribution in [0.5, 0.6) is 0 Å². The van der Waals surface area contributed by atoms with Crippen LogP contribution in [0.3, 0.4) is 0 Å². The van der Waals surface area contributed by atoms with Crippen LogP contribution in [0.15, 0.2) is 77.1 Å². The molecule has 0 spiro atoms. The molecule has 0 saturated heterocycles. The number of carbonyl (C=O) groups excluding carboxylic acids is 3. The van der Waals surface area contributed by atoms with Crippen molar-refractivity contribution >= 4 is 17.7 Å². The maximum atomic E-state index is 13.2. The van der Waals surface area contributed by atoms with Gasteiger partial charge in [-0.25, -0.2) is 9.59 Å². The quantitative estimate of drug-likeness (QED) is 0.459. The molecule has 0 bridgehead atoms. The fourth-order valence-corrected chi connectivity index (χ4v) is 4.04. The Balaban J connectivity index is 2.15. The van der Waals surface area contributed by atoms with Gasteiger partial charge in [0, 0.05) is 22.5 Å². The zero-order valence-electron chi connectivity index (χ0n) is 20.5. The molecule has 6 heteroatoms. The van der Waals surface area contributed by atoms with Crippen LogP contribution >= 0.6 is 0 Å². The van der Waals surface area contributed by atoms with Crippen molar-refractivity contribution in [2.45, 2.75) is 59.7 Å². The van der Waals surface area contributed by atoms with Gasteiger partial charge in [-0.3, -0.25) is 4.79 Å². The lowest BCUT2D eigenvalue weighted by molar-refractivity contribution is -0.143. The zero-order chi connectivity index (χ0) is 25.0. The standard InChI is InChI=1S/C28H31NO5/c1-16(2)33-27(31)23-18(5)29-19(6)24(28(32)34-17(3)4)25(23)21-13-10-14-22(15-21)26(30)20-11-8-7-9-12-20/h7-17,25,29H,1-6H3. The normalized spacial score (nSPS) is 14.4. The molecule has 178 valence electrons. The number of rotatable bonds is 7. The third-order valence-electron chi connectivity index (χ3n) is 5.40. The monoisotopic (exact) mass is 461 g/mol. The van der Waals surface area contributed by atoms with Crippen molar-refractivity contribution in [3.05, 3.63) is 93.8 Å². The Morgan fingerprint density at radius 2 is 1.24 bits per heavy atom. The zero-order valence-corrected chi connectivity index (χ0v) is 20.5. The predicted molar refractivity (Wildman–Crippen MR) is 130 cm³/mol. The Hall–Kier alpha value is -3.67. The first-order valence-corrected chi connectivity index (χ1v) is 11.4. The van der Waals surface area contributed by atoms with Crippen LogP contribution in [0.2, 0.25) is 0 Å². The number of hydrogen-bond donors (Lipinski definition) is 1. The van der Waals surface area contributed by atoms with Crippen LogP contribution in [-0.2, 0) is 19.1 Å². The summed E-state index contributed by atoms with van der Waals surface area (Å²) in [5.41, 5.74) is 3.48. The van der Waals surface area contributed by atoms with Crippen LogP contribution in [0.4, 0.5) is 0 Å². The first kappa shape index (κ1) is 25.0. The van der Waals surface area contributed by atoms with Gasteiger partial charge < -0.3 is 14.8 Å². The van der Waals surface area contributed by atoms with Gasteiger partial charge in [-0.05, 0) is 53.2 Å². The maximum Gasteiger partial charge on any atom is 0.337 e. The van der Waals surface area contributed by atoms with E-state index in [1.807, 2.05) is 24.3 Å². The van der Waals surface area contributed by atoms with Crippen molar-refractivity contribution in [2.75, 3.05) is 0 Å². The minimum absolute atomic E-state index is 0.143. The molecule has 1 heterocycles. The van der Waals surface area contributed by atoms with Gasteiger partial charge in [0.2, 0.25) is 0 Å². The minimum atomic E-state index is -0.748. The first-order chi connectivity index (χ1) is 16.1. The molecule has 1 N–H and O–H groups in total. The second-order valence-corrected chi connectivity index (χ2v) is 8.86.